The summed E-state index contributed by atoms with van der Waals surface area (Å²) in [4.78, 5) is 0. The molecular weight excluding hydrogens is 655 g/mol. The minimum atomic E-state index is -2.43. The van der Waals surface area contributed by atoms with Gasteiger partial charge in [0, 0.05) is 0 Å². The van der Waals surface area contributed by atoms with Crippen LogP contribution in [-0.2, 0) is 38.5 Å². The fourth-order valence-corrected chi connectivity index (χ4v) is 14.9. The molecule has 226 valence electrons. The van der Waals surface area contributed by atoms with Crippen LogP contribution >= 0.6 is 0 Å². The molecule has 0 amide bonds. The van der Waals surface area contributed by atoms with Gasteiger partial charge in [0.05, 0.1) is 0 Å². The van der Waals surface area contributed by atoms with Crippen molar-refractivity contribution >= 4 is 9.28 Å². The molecular formula is C41H44Cl2Zr. The number of benzene rings is 4. The van der Waals surface area contributed by atoms with Crippen molar-refractivity contribution in [3.8, 4) is 11.1 Å². The second-order valence-corrected chi connectivity index (χ2v) is 20.3. The third-order valence-electron chi connectivity index (χ3n) is 9.13. The van der Waals surface area contributed by atoms with Crippen LogP contribution in [0.3, 0.4) is 0 Å². The Kier molecular flexibility index (Phi) is 10.7. The van der Waals surface area contributed by atoms with Crippen LogP contribution < -0.4 is 24.8 Å². The number of hydrogen-bond donors (Lipinski definition) is 0. The second-order valence-electron chi connectivity index (χ2n) is 14.3. The summed E-state index contributed by atoms with van der Waals surface area (Å²) < 4.78 is 5.01. The number of hydrogen-bond acceptors (Lipinski definition) is 0. The predicted molar refractivity (Wildman–Crippen MR) is 179 cm³/mol. The van der Waals surface area contributed by atoms with E-state index in [0.29, 0.717) is 9.54 Å². The van der Waals surface area contributed by atoms with Crippen molar-refractivity contribution < 1.29 is 46.1 Å². The fourth-order valence-electron chi connectivity index (χ4n) is 6.62. The Balaban J connectivity index is 0.00000221. The third-order valence-corrected chi connectivity index (χ3v) is 16.9. The zero-order valence-corrected chi connectivity index (χ0v) is 31.1. The van der Waals surface area contributed by atoms with Crippen molar-refractivity contribution in [2.45, 2.75) is 69.3 Å². The van der Waals surface area contributed by atoms with Crippen LogP contribution in [0.15, 0.2) is 112 Å². The molecule has 0 aliphatic heterocycles. The molecule has 1 atom stereocenters. The van der Waals surface area contributed by atoms with Crippen molar-refractivity contribution in [3.05, 3.63) is 146 Å². The van der Waals surface area contributed by atoms with Crippen LogP contribution in [0.2, 0.25) is 0 Å². The summed E-state index contributed by atoms with van der Waals surface area (Å²) in [5.74, 6) is 0.469. The molecule has 0 fully saturated rings. The first kappa shape index (κ1) is 34.6. The quantitative estimate of drug-likeness (QED) is 0.285. The summed E-state index contributed by atoms with van der Waals surface area (Å²) in [6.07, 6.45) is 6.15. The summed E-state index contributed by atoms with van der Waals surface area (Å²) in [7, 11) is 0. The molecule has 0 N–H and O–H groups in total. The molecule has 0 nitrogen and oxygen atoms in total. The van der Waals surface area contributed by atoms with E-state index in [1.54, 1.807) is 14.4 Å². The predicted octanol–water partition coefficient (Wildman–Crippen LogP) is 4.64. The van der Waals surface area contributed by atoms with Gasteiger partial charge in [-0.3, -0.25) is 0 Å². The van der Waals surface area contributed by atoms with Crippen LogP contribution in [-0.4, -0.2) is 3.71 Å². The van der Waals surface area contributed by atoms with Crippen molar-refractivity contribution in [1.82, 2.24) is 0 Å². The van der Waals surface area contributed by atoms with Crippen LogP contribution in [0.5, 0.6) is 0 Å². The standard InChI is InChI=1S/C21H25.C12H11.C8H8.2ClH.Zr/c1-20(2,3)16-9-7-14-11-15-8-10-17(21(4,5)6)13-19(15)18(14)12-16;1-10-7-8-12(9-10)11-5-3-2-4-6-11;1-2-8-6-4-3-5-7-8;;;/h7-13H,1-6H3;2-6,8-10H,1H3;1,3-7H,2H2;2*1H;/q;;;;;+2/p-2. The van der Waals surface area contributed by atoms with Gasteiger partial charge in [-0.1, -0.05) is 0 Å². The van der Waals surface area contributed by atoms with Crippen LogP contribution in [0.1, 0.15) is 85.5 Å². The Morgan fingerprint density at radius 2 is 1.16 bits per heavy atom. The van der Waals surface area contributed by atoms with E-state index in [-0.39, 0.29) is 35.6 Å². The maximum absolute atomic E-state index is 2.81. The van der Waals surface area contributed by atoms with Gasteiger partial charge in [0.1, 0.15) is 0 Å². The van der Waals surface area contributed by atoms with Gasteiger partial charge in [0.15, 0.2) is 0 Å². The topological polar surface area (TPSA) is 0 Å². The molecule has 2 aliphatic rings. The van der Waals surface area contributed by atoms with Crippen LogP contribution in [0.25, 0.3) is 16.7 Å². The molecule has 3 heteroatoms. The SMILES string of the molecule is CC1C=C(c2ccccc2)C=[C]1/[Zr+2](=[CH]/Cc1ccccc1)[CH]1c2ccc(C(C)(C)C)cc2-c2cc(C(C)(C)C)ccc21.[Cl-].[Cl-]. The minimum Gasteiger partial charge on any atom is -1.00 e. The second kappa shape index (κ2) is 13.6. The molecule has 6 rings (SSSR count). The van der Waals surface area contributed by atoms with E-state index in [1.165, 1.54) is 39.0 Å². The number of rotatable bonds is 5. The van der Waals surface area contributed by atoms with Crippen molar-refractivity contribution in [3.63, 3.8) is 0 Å². The van der Waals surface area contributed by atoms with Gasteiger partial charge >= 0.3 is 263 Å². The van der Waals surface area contributed by atoms with Gasteiger partial charge in [0.2, 0.25) is 0 Å². The van der Waals surface area contributed by atoms with Crippen molar-refractivity contribution in [2.75, 3.05) is 0 Å². The van der Waals surface area contributed by atoms with Crippen LogP contribution in [0, 0.1) is 5.92 Å². The Morgan fingerprint density at radius 1 is 0.659 bits per heavy atom. The molecule has 2 aliphatic carbocycles. The van der Waals surface area contributed by atoms with E-state index < -0.39 is 21.3 Å². The number of allylic oxidation sites excluding steroid dienone is 4. The van der Waals surface area contributed by atoms with E-state index in [9.17, 15) is 0 Å². The molecule has 0 spiro atoms. The average molecular weight is 699 g/mol. The monoisotopic (exact) mass is 696 g/mol. The molecule has 0 heterocycles. The van der Waals surface area contributed by atoms with Gasteiger partial charge in [-0.2, -0.15) is 0 Å². The molecule has 0 saturated carbocycles. The van der Waals surface area contributed by atoms with E-state index in [4.69, 9.17) is 0 Å². The number of fused-ring (bicyclic) bond motifs is 3. The van der Waals surface area contributed by atoms with Gasteiger partial charge in [-0.15, -0.1) is 0 Å². The average Bonchev–Trinajstić information content (AvgIpc) is 3.51. The van der Waals surface area contributed by atoms with Crippen LogP contribution in [0.4, 0.5) is 0 Å². The molecule has 0 saturated heterocycles. The third kappa shape index (κ3) is 6.92. The largest absolute Gasteiger partial charge is 1.00 e. The molecule has 4 aromatic carbocycles. The normalized spacial score (nSPS) is 15.9. The first-order chi connectivity index (χ1) is 20.0. The number of halogens is 2. The molecule has 1 unspecified atom stereocenters. The molecule has 0 bridgehead atoms. The van der Waals surface area contributed by atoms with Crippen molar-refractivity contribution in [2.24, 2.45) is 5.92 Å². The Labute approximate surface area is 285 Å². The summed E-state index contributed by atoms with van der Waals surface area (Å²) in [6, 6.07) is 36.9. The fraction of sp³-hybridized carbons (Fsp3) is 0.293. The molecule has 4 aromatic rings. The van der Waals surface area contributed by atoms with E-state index in [0.717, 1.165) is 6.42 Å². The van der Waals surface area contributed by atoms with Crippen molar-refractivity contribution in [1.29, 1.82) is 0 Å². The molecule has 0 radical (unpaired) electrons. The summed E-state index contributed by atoms with van der Waals surface area (Å²) in [5, 5.41) is 0. The Bertz CT molecular complexity index is 1650. The summed E-state index contributed by atoms with van der Waals surface area (Å²) in [5.41, 5.74) is 13.3. The van der Waals surface area contributed by atoms with Gasteiger partial charge in [-0.25, -0.2) is 0 Å². The van der Waals surface area contributed by atoms with E-state index in [2.05, 4.69) is 161 Å². The van der Waals surface area contributed by atoms with E-state index in [1.807, 2.05) is 0 Å². The molecule has 0 aromatic heterocycles. The maximum Gasteiger partial charge on any atom is -1.00 e. The Morgan fingerprint density at radius 3 is 1.66 bits per heavy atom. The molecule has 44 heavy (non-hydrogen) atoms. The zero-order chi connectivity index (χ0) is 29.6. The van der Waals surface area contributed by atoms with Gasteiger partial charge in [-0.05, 0) is 0 Å². The van der Waals surface area contributed by atoms with E-state index >= 15 is 0 Å². The minimum absolute atomic E-state index is 0. The first-order valence-corrected chi connectivity index (χ1v) is 19.6. The zero-order valence-electron chi connectivity index (χ0n) is 27.1. The summed E-state index contributed by atoms with van der Waals surface area (Å²) >= 11 is -2.43. The van der Waals surface area contributed by atoms with Gasteiger partial charge < -0.3 is 24.8 Å². The first-order valence-electron chi connectivity index (χ1n) is 15.5. The smallest absolute Gasteiger partial charge is 1.00 e. The maximum atomic E-state index is 2.81. The summed E-state index contributed by atoms with van der Waals surface area (Å²) in [6.45, 7) is 16.5. The Hall–Kier alpha value is -2.31. The van der Waals surface area contributed by atoms with Gasteiger partial charge in [0.25, 0.3) is 0 Å².